The third kappa shape index (κ3) is 2.19. The van der Waals surface area contributed by atoms with Gasteiger partial charge in [0.15, 0.2) is 0 Å². The Kier molecular flexibility index (Phi) is 2.94. The fraction of sp³-hybridized carbons (Fsp3) is 0.214. The molecule has 0 radical (unpaired) electrons. The Morgan fingerprint density at radius 2 is 1.82 bits per heavy atom. The van der Waals surface area contributed by atoms with Crippen molar-refractivity contribution in [2.75, 3.05) is 0 Å². The Labute approximate surface area is 99.8 Å². The molecule has 1 atom stereocenters. The van der Waals surface area contributed by atoms with Gasteiger partial charge in [-0.25, -0.2) is 4.39 Å². The fourth-order valence-corrected chi connectivity index (χ4v) is 1.90. The SMILES string of the molecule is Cc1ccncc1C(C)(O)c1ccc(F)cc1. The molecule has 0 fully saturated rings. The molecule has 17 heavy (non-hydrogen) atoms. The van der Waals surface area contributed by atoms with Gasteiger partial charge in [-0.1, -0.05) is 12.1 Å². The van der Waals surface area contributed by atoms with Crippen molar-refractivity contribution < 1.29 is 9.50 Å². The van der Waals surface area contributed by atoms with Crippen LogP contribution in [0.25, 0.3) is 0 Å². The molecule has 1 unspecified atom stereocenters. The lowest BCUT2D eigenvalue weighted by Gasteiger charge is -2.25. The first kappa shape index (κ1) is 11.7. The monoisotopic (exact) mass is 231 g/mol. The predicted molar refractivity (Wildman–Crippen MR) is 64.0 cm³/mol. The first-order valence-corrected chi connectivity index (χ1v) is 5.41. The summed E-state index contributed by atoms with van der Waals surface area (Å²) in [6.45, 7) is 3.60. The number of nitrogens with zero attached hydrogens (tertiary/aromatic N) is 1. The summed E-state index contributed by atoms with van der Waals surface area (Å²) >= 11 is 0. The summed E-state index contributed by atoms with van der Waals surface area (Å²) in [5, 5.41) is 10.6. The summed E-state index contributed by atoms with van der Waals surface area (Å²) in [7, 11) is 0. The van der Waals surface area contributed by atoms with Crippen LogP contribution < -0.4 is 0 Å². The zero-order valence-corrected chi connectivity index (χ0v) is 9.81. The van der Waals surface area contributed by atoms with E-state index in [-0.39, 0.29) is 5.82 Å². The highest BCUT2D eigenvalue weighted by Crippen LogP contribution is 2.30. The molecule has 3 heteroatoms. The van der Waals surface area contributed by atoms with Gasteiger partial charge < -0.3 is 5.11 Å². The van der Waals surface area contributed by atoms with Crippen LogP contribution in [0.3, 0.4) is 0 Å². The molecular formula is C14H14FNO. The van der Waals surface area contributed by atoms with Crippen LogP contribution in [-0.4, -0.2) is 10.1 Å². The Morgan fingerprint density at radius 1 is 1.18 bits per heavy atom. The van der Waals surface area contributed by atoms with Crippen LogP contribution in [-0.2, 0) is 5.60 Å². The minimum atomic E-state index is -1.16. The number of aromatic nitrogens is 1. The van der Waals surface area contributed by atoms with Gasteiger partial charge in [-0.05, 0) is 43.2 Å². The first-order valence-electron chi connectivity index (χ1n) is 5.41. The maximum atomic E-state index is 12.9. The van der Waals surface area contributed by atoms with Gasteiger partial charge in [0.05, 0.1) is 0 Å². The molecule has 0 aliphatic rings. The smallest absolute Gasteiger partial charge is 0.123 e. The van der Waals surface area contributed by atoms with Gasteiger partial charge in [0.25, 0.3) is 0 Å². The molecule has 0 aliphatic heterocycles. The van der Waals surface area contributed by atoms with Gasteiger partial charge in [-0.15, -0.1) is 0 Å². The van der Waals surface area contributed by atoms with Crippen molar-refractivity contribution in [3.63, 3.8) is 0 Å². The van der Waals surface area contributed by atoms with Crippen LogP contribution in [0.1, 0.15) is 23.6 Å². The van der Waals surface area contributed by atoms with E-state index in [1.54, 1.807) is 31.5 Å². The molecule has 1 N–H and O–H groups in total. The van der Waals surface area contributed by atoms with E-state index in [1.165, 1.54) is 12.1 Å². The van der Waals surface area contributed by atoms with E-state index in [0.29, 0.717) is 5.56 Å². The highest BCUT2D eigenvalue weighted by atomic mass is 19.1. The van der Waals surface area contributed by atoms with Crippen LogP contribution >= 0.6 is 0 Å². The molecule has 2 aromatic rings. The molecule has 0 saturated heterocycles. The van der Waals surface area contributed by atoms with E-state index in [4.69, 9.17) is 0 Å². The van der Waals surface area contributed by atoms with E-state index in [9.17, 15) is 9.50 Å². The second kappa shape index (κ2) is 4.26. The van der Waals surface area contributed by atoms with Gasteiger partial charge in [-0.3, -0.25) is 4.98 Å². The Hall–Kier alpha value is -1.74. The summed E-state index contributed by atoms with van der Waals surface area (Å²) < 4.78 is 12.9. The molecule has 0 aliphatic carbocycles. The van der Waals surface area contributed by atoms with E-state index < -0.39 is 5.60 Å². The van der Waals surface area contributed by atoms with Crippen molar-refractivity contribution in [1.29, 1.82) is 0 Å². The van der Waals surface area contributed by atoms with E-state index in [0.717, 1.165) is 11.1 Å². The van der Waals surface area contributed by atoms with Crippen LogP contribution in [0.5, 0.6) is 0 Å². The van der Waals surface area contributed by atoms with E-state index in [1.807, 2.05) is 13.0 Å². The average molecular weight is 231 g/mol. The highest BCUT2D eigenvalue weighted by molar-refractivity contribution is 5.37. The molecule has 2 nitrogen and oxygen atoms in total. The fourth-order valence-electron chi connectivity index (χ4n) is 1.90. The van der Waals surface area contributed by atoms with Crippen molar-refractivity contribution in [1.82, 2.24) is 4.98 Å². The second-order valence-electron chi connectivity index (χ2n) is 4.27. The van der Waals surface area contributed by atoms with Crippen molar-refractivity contribution >= 4 is 0 Å². The minimum Gasteiger partial charge on any atom is -0.381 e. The van der Waals surface area contributed by atoms with Crippen molar-refractivity contribution in [3.05, 3.63) is 65.2 Å². The number of halogens is 1. The lowest BCUT2D eigenvalue weighted by atomic mass is 9.87. The number of hydrogen-bond acceptors (Lipinski definition) is 2. The second-order valence-corrected chi connectivity index (χ2v) is 4.27. The molecule has 0 bridgehead atoms. The standard InChI is InChI=1S/C14H14FNO/c1-10-7-8-16-9-13(10)14(2,17)11-3-5-12(15)6-4-11/h3-9,17H,1-2H3. The van der Waals surface area contributed by atoms with E-state index in [2.05, 4.69) is 4.98 Å². The van der Waals surface area contributed by atoms with Crippen molar-refractivity contribution in [3.8, 4) is 0 Å². The summed E-state index contributed by atoms with van der Waals surface area (Å²) in [5.41, 5.74) is 1.17. The Balaban J connectivity index is 2.49. The molecule has 1 aromatic carbocycles. The quantitative estimate of drug-likeness (QED) is 0.862. The molecule has 2 rings (SSSR count). The average Bonchev–Trinajstić information content (AvgIpc) is 2.30. The van der Waals surface area contributed by atoms with Gasteiger partial charge >= 0.3 is 0 Å². The third-order valence-corrected chi connectivity index (χ3v) is 2.97. The molecular weight excluding hydrogens is 217 g/mol. The Morgan fingerprint density at radius 3 is 2.41 bits per heavy atom. The molecule has 0 spiro atoms. The number of rotatable bonds is 2. The molecule has 0 amide bonds. The van der Waals surface area contributed by atoms with Crippen LogP contribution in [0, 0.1) is 12.7 Å². The topological polar surface area (TPSA) is 33.1 Å². The van der Waals surface area contributed by atoms with Gasteiger partial charge in [0.1, 0.15) is 11.4 Å². The number of hydrogen-bond donors (Lipinski definition) is 1. The van der Waals surface area contributed by atoms with Crippen molar-refractivity contribution in [2.45, 2.75) is 19.4 Å². The number of pyridine rings is 1. The van der Waals surface area contributed by atoms with Gasteiger partial charge in [0.2, 0.25) is 0 Å². The highest BCUT2D eigenvalue weighted by Gasteiger charge is 2.27. The first-order chi connectivity index (χ1) is 8.01. The zero-order chi connectivity index (χ0) is 12.5. The zero-order valence-electron chi connectivity index (χ0n) is 9.81. The van der Waals surface area contributed by atoms with E-state index >= 15 is 0 Å². The molecule has 0 saturated carbocycles. The minimum absolute atomic E-state index is 0.313. The predicted octanol–water partition coefficient (Wildman–Crippen LogP) is 2.78. The maximum absolute atomic E-state index is 12.9. The molecule has 1 heterocycles. The van der Waals surface area contributed by atoms with Crippen LogP contribution in [0.15, 0.2) is 42.7 Å². The largest absolute Gasteiger partial charge is 0.381 e. The molecule has 1 aromatic heterocycles. The van der Waals surface area contributed by atoms with Crippen LogP contribution in [0.2, 0.25) is 0 Å². The summed E-state index contributed by atoms with van der Waals surface area (Å²) in [6, 6.07) is 7.70. The Bertz CT molecular complexity index is 520. The summed E-state index contributed by atoms with van der Waals surface area (Å²) in [6.07, 6.45) is 3.32. The van der Waals surface area contributed by atoms with Crippen molar-refractivity contribution in [2.24, 2.45) is 0 Å². The molecule has 88 valence electrons. The van der Waals surface area contributed by atoms with Gasteiger partial charge in [0, 0.05) is 18.0 Å². The van der Waals surface area contributed by atoms with Gasteiger partial charge in [-0.2, -0.15) is 0 Å². The number of aryl methyl sites for hydroxylation is 1. The number of benzene rings is 1. The maximum Gasteiger partial charge on any atom is 0.123 e. The number of aliphatic hydroxyl groups is 1. The normalized spacial score (nSPS) is 14.4. The lowest BCUT2D eigenvalue weighted by molar-refractivity contribution is 0.101. The summed E-state index contributed by atoms with van der Waals surface area (Å²) in [5.74, 6) is -0.313. The third-order valence-electron chi connectivity index (χ3n) is 2.97. The lowest BCUT2D eigenvalue weighted by Crippen LogP contribution is -2.24. The van der Waals surface area contributed by atoms with Crippen LogP contribution in [0.4, 0.5) is 4.39 Å². The summed E-state index contributed by atoms with van der Waals surface area (Å²) in [4.78, 5) is 4.02.